The van der Waals surface area contributed by atoms with Crippen LogP contribution in [0.3, 0.4) is 0 Å². The predicted octanol–water partition coefficient (Wildman–Crippen LogP) is 2.83. The van der Waals surface area contributed by atoms with Crippen molar-refractivity contribution in [1.29, 1.82) is 0 Å². The van der Waals surface area contributed by atoms with Crippen molar-refractivity contribution >= 4 is 22.6 Å². The van der Waals surface area contributed by atoms with Crippen molar-refractivity contribution in [3.63, 3.8) is 0 Å². The summed E-state index contributed by atoms with van der Waals surface area (Å²) in [6, 6.07) is 4.81. The summed E-state index contributed by atoms with van der Waals surface area (Å²) in [4.78, 5) is 14.0. The van der Waals surface area contributed by atoms with Gasteiger partial charge in [-0.05, 0) is 31.0 Å². The molecule has 0 radical (unpaired) electrons. The number of hydrogen-bond donors (Lipinski definition) is 6. The van der Waals surface area contributed by atoms with Gasteiger partial charge in [-0.2, -0.15) is 0 Å². The number of aliphatic hydroxyl groups excluding tert-OH is 6. The summed E-state index contributed by atoms with van der Waals surface area (Å²) in [7, 11) is 0. The summed E-state index contributed by atoms with van der Waals surface area (Å²) in [5.74, 6) is 0. The topological polar surface area (TPSA) is 185 Å². The molecule has 2 aliphatic rings. The molecule has 2 saturated heterocycles. The van der Waals surface area contributed by atoms with Crippen molar-refractivity contribution < 1.29 is 49.6 Å². The Labute approximate surface area is 293 Å². The quantitative estimate of drug-likeness (QED) is 0.111. The molecule has 0 aliphatic carbocycles. The van der Waals surface area contributed by atoms with E-state index in [1.165, 1.54) is 22.0 Å². The molecule has 1 aromatic carbocycles. The molecule has 0 spiro atoms. The lowest BCUT2D eigenvalue weighted by atomic mass is 9.98. The summed E-state index contributed by atoms with van der Waals surface area (Å²) < 4.78 is 25.5. The fraction of sp³-hybridized carbons (Fsp3) is 0.800. The van der Waals surface area contributed by atoms with E-state index in [9.17, 15) is 35.4 Å². The Hall–Kier alpha value is -1.62. The number of aliphatic hydroxyl groups is 6. The zero-order valence-electron chi connectivity index (χ0n) is 28.8. The van der Waals surface area contributed by atoms with E-state index >= 15 is 0 Å². The largest absolute Gasteiger partial charge is 0.388 e. The molecule has 2 unspecified atom stereocenters. The maximum absolute atomic E-state index is 14.0. The molecule has 6 N–H and O–H groups in total. The third-order valence-electron chi connectivity index (χ3n) is 9.64. The van der Waals surface area contributed by atoms with Crippen LogP contribution in [-0.4, -0.2) is 114 Å². The highest BCUT2D eigenvalue weighted by atomic mass is 35.5. The van der Waals surface area contributed by atoms with Gasteiger partial charge in [-0.3, -0.25) is 9.13 Å². The fourth-order valence-corrected chi connectivity index (χ4v) is 6.90. The van der Waals surface area contributed by atoms with Gasteiger partial charge in [-0.1, -0.05) is 89.7 Å². The molecule has 0 bridgehead atoms. The van der Waals surface area contributed by atoms with E-state index in [0.29, 0.717) is 16.1 Å². The van der Waals surface area contributed by atoms with Crippen molar-refractivity contribution in [2.24, 2.45) is 0 Å². The summed E-state index contributed by atoms with van der Waals surface area (Å²) in [5.41, 5.74) is 0.261. The maximum Gasteiger partial charge on any atom is 0.329 e. The minimum Gasteiger partial charge on any atom is -0.388 e. The second kappa shape index (κ2) is 19.8. The molecule has 10 atom stereocenters. The van der Waals surface area contributed by atoms with E-state index in [1.807, 2.05) is 0 Å². The molecule has 0 amide bonds. The van der Waals surface area contributed by atoms with Gasteiger partial charge in [0.25, 0.3) is 0 Å². The van der Waals surface area contributed by atoms with E-state index in [1.54, 1.807) is 18.2 Å². The number of benzene rings is 1. The van der Waals surface area contributed by atoms with Crippen LogP contribution in [0.5, 0.6) is 0 Å². The second-order valence-electron chi connectivity index (χ2n) is 13.4. The molecule has 280 valence electrons. The lowest BCUT2D eigenvalue weighted by molar-refractivity contribution is -0.292. The lowest BCUT2D eigenvalue weighted by Crippen LogP contribution is -2.60. The first-order chi connectivity index (χ1) is 23.6. The summed E-state index contributed by atoms with van der Waals surface area (Å²) >= 11 is 6.32. The number of imidazole rings is 1. The first-order valence-electron chi connectivity index (χ1n) is 18.1. The van der Waals surface area contributed by atoms with Gasteiger partial charge in [-0.15, -0.1) is 0 Å². The summed E-state index contributed by atoms with van der Waals surface area (Å²) in [5, 5.41) is 64.9. The van der Waals surface area contributed by atoms with Crippen LogP contribution in [0.25, 0.3) is 11.0 Å². The number of aromatic nitrogens is 2. The van der Waals surface area contributed by atoms with Crippen LogP contribution < -0.4 is 5.69 Å². The minimum atomic E-state index is -1.65. The molecular formula is C35H57ClN2O11. The SMILES string of the molecule is CCCCCCCCO[C@H]1[C@H](O)[C@@H](Cn2c(=O)n(C[C@H]3OC(O)[C@H](O)[C@@H](OCCCCCCCC)[C@@H]3O)c3cc(Cl)ccc32)OC(O)[C@@H]1O. The molecule has 14 heteroatoms. The number of halogens is 1. The molecule has 13 nitrogen and oxygen atoms in total. The smallest absolute Gasteiger partial charge is 0.329 e. The van der Waals surface area contributed by atoms with Gasteiger partial charge in [0, 0.05) is 18.2 Å². The van der Waals surface area contributed by atoms with Crippen LogP contribution in [0.15, 0.2) is 23.0 Å². The highest BCUT2D eigenvalue weighted by Gasteiger charge is 2.46. The first-order valence-corrected chi connectivity index (χ1v) is 18.5. The zero-order chi connectivity index (χ0) is 35.5. The molecule has 3 heterocycles. The van der Waals surface area contributed by atoms with Crippen molar-refractivity contribution in [3.05, 3.63) is 33.7 Å². The molecule has 0 saturated carbocycles. The van der Waals surface area contributed by atoms with Crippen LogP contribution in [0.2, 0.25) is 5.02 Å². The van der Waals surface area contributed by atoms with Crippen molar-refractivity contribution in [2.45, 2.75) is 165 Å². The van der Waals surface area contributed by atoms with Gasteiger partial charge in [0.15, 0.2) is 12.6 Å². The van der Waals surface area contributed by atoms with Crippen LogP contribution in [0.1, 0.15) is 90.9 Å². The Kier molecular flexibility index (Phi) is 16.3. The Morgan fingerprint density at radius 3 is 1.53 bits per heavy atom. The van der Waals surface area contributed by atoms with Crippen LogP contribution in [0.4, 0.5) is 0 Å². The third-order valence-corrected chi connectivity index (χ3v) is 9.88. The van der Waals surface area contributed by atoms with E-state index in [4.69, 9.17) is 30.5 Å². The zero-order valence-corrected chi connectivity index (χ0v) is 29.6. The Balaban J connectivity index is 1.47. The molecule has 2 fully saturated rings. The summed E-state index contributed by atoms with van der Waals surface area (Å²) in [6.45, 7) is 4.45. The normalized spacial score (nSPS) is 30.7. The maximum atomic E-state index is 14.0. The van der Waals surface area contributed by atoms with E-state index in [0.717, 1.165) is 64.2 Å². The summed E-state index contributed by atoms with van der Waals surface area (Å²) in [6.07, 6.45) is -1.13. The highest BCUT2D eigenvalue weighted by Crippen LogP contribution is 2.28. The van der Waals surface area contributed by atoms with Gasteiger partial charge in [0.2, 0.25) is 0 Å². The average molecular weight is 717 g/mol. The number of fused-ring (bicyclic) bond motifs is 1. The molecule has 2 aromatic rings. The standard InChI is InChI=1S/C35H57ClN2O11/c1-3-5-7-9-11-13-17-46-31-27(39)25(48-33(43)29(31)41)20-37-23-16-15-22(36)19-24(23)38(35(37)45)21-26-28(40)32(30(42)34(44)49-26)47-18-14-12-10-8-6-4-2/h15-16,19,25-34,39-44H,3-14,17-18,20-21H2,1-2H3/t25-,26-,27-,28-,29-,30-,31+,32+,33?,34?/m1/s1. The lowest BCUT2D eigenvalue weighted by Gasteiger charge is -2.40. The van der Waals surface area contributed by atoms with Crippen molar-refractivity contribution in [3.8, 4) is 0 Å². The van der Waals surface area contributed by atoms with E-state index in [-0.39, 0.29) is 26.3 Å². The van der Waals surface area contributed by atoms with Crippen LogP contribution in [0, 0.1) is 0 Å². The monoisotopic (exact) mass is 716 g/mol. The van der Waals surface area contributed by atoms with Crippen LogP contribution >= 0.6 is 11.6 Å². The van der Waals surface area contributed by atoms with E-state index in [2.05, 4.69) is 13.8 Å². The Morgan fingerprint density at radius 2 is 1.06 bits per heavy atom. The molecule has 49 heavy (non-hydrogen) atoms. The van der Waals surface area contributed by atoms with E-state index < -0.39 is 67.1 Å². The fourth-order valence-electron chi connectivity index (χ4n) is 6.74. The first kappa shape index (κ1) is 40.2. The second-order valence-corrected chi connectivity index (χ2v) is 13.9. The Bertz CT molecular complexity index is 1320. The number of hydrogen-bond acceptors (Lipinski definition) is 11. The molecule has 4 rings (SSSR count). The van der Waals surface area contributed by atoms with Gasteiger partial charge in [-0.25, -0.2) is 4.79 Å². The van der Waals surface area contributed by atoms with Gasteiger partial charge >= 0.3 is 5.69 Å². The number of ether oxygens (including phenoxy) is 4. The number of nitrogens with zero attached hydrogens (tertiary/aromatic N) is 2. The highest BCUT2D eigenvalue weighted by molar-refractivity contribution is 6.31. The van der Waals surface area contributed by atoms with Gasteiger partial charge in [0.1, 0.15) is 48.8 Å². The molecular weight excluding hydrogens is 660 g/mol. The van der Waals surface area contributed by atoms with Crippen LogP contribution in [-0.2, 0) is 32.0 Å². The van der Waals surface area contributed by atoms with Crippen molar-refractivity contribution in [1.82, 2.24) is 9.13 Å². The van der Waals surface area contributed by atoms with Gasteiger partial charge < -0.3 is 49.6 Å². The number of rotatable bonds is 20. The number of unbranched alkanes of at least 4 members (excludes halogenated alkanes) is 10. The predicted molar refractivity (Wildman–Crippen MR) is 183 cm³/mol. The molecule has 1 aromatic heterocycles. The third kappa shape index (κ3) is 10.5. The van der Waals surface area contributed by atoms with Gasteiger partial charge in [0.05, 0.1) is 24.1 Å². The molecule has 2 aliphatic heterocycles. The minimum absolute atomic E-state index is 0.203. The average Bonchev–Trinajstić information content (AvgIpc) is 3.32. The Morgan fingerprint density at radius 1 is 0.633 bits per heavy atom. The van der Waals surface area contributed by atoms with Crippen molar-refractivity contribution in [2.75, 3.05) is 13.2 Å².